The number of piperidine rings is 1. The number of halogens is 1. The van der Waals surface area contributed by atoms with Crippen molar-refractivity contribution in [2.75, 3.05) is 26.8 Å². The average Bonchev–Trinajstić information content (AvgIpc) is 2.81. The maximum absolute atomic E-state index is 14.0. The lowest BCUT2D eigenvalue weighted by Crippen LogP contribution is -2.43. The van der Waals surface area contributed by atoms with Crippen LogP contribution >= 0.6 is 0 Å². The van der Waals surface area contributed by atoms with Crippen molar-refractivity contribution in [2.24, 2.45) is 5.92 Å². The first kappa shape index (κ1) is 24.0. The van der Waals surface area contributed by atoms with E-state index in [9.17, 15) is 17.6 Å². The van der Waals surface area contributed by atoms with Crippen LogP contribution in [0.5, 0.6) is 11.5 Å². The van der Waals surface area contributed by atoms with Gasteiger partial charge in [-0.25, -0.2) is 12.8 Å². The van der Waals surface area contributed by atoms with Crippen molar-refractivity contribution in [1.82, 2.24) is 9.62 Å². The molecule has 1 saturated heterocycles. The van der Waals surface area contributed by atoms with Crippen molar-refractivity contribution < 1.29 is 27.1 Å². The van der Waals surface area contributed by atoms with Gasteiger partial charge in [-0.05, 0) is 49.1 Å². The maximum atomic E-state index is 14.0. The van der Waals surface area contributed by atoms with Crippen LogP contribution in [0.1, 0.15) is 31.7 Å². The van der Waals surface area contributed by atoms with Gasteiger partial charge in [0.15, 0.2) is 11.5 Å². The van der Waals surface area contributed by atoms with Gasteiger partial charge < -0.3 is 14.8 Å². The molecule has 2 aromatic carbocycles. The first-order valence-corrected chi connectivity index (χ1v) is 12.1. The number of hydrogen-bond donors (Lipinski definition) is 1. The Morgan fingerprint density at radius 3 is 2.53 bits per heavy atom. The van der Waals surface area contributed by atoms with Gasteiger partial charge in [-0.3, -0.25) is 4.79 Å². The number of sulfonamides is 1. The second kappa shape index (κ2) is 10.8. The standard InChI is InChI=1S/C23H29FN2O5S/c1-3-14-31-20-9-8-17(15-21(20)30-2)16-25-23(27)18-10-12-26(13-11-18)32(28,29)22-7-5-4-6-19(22)24/h4-9,15,18H,3,10-14,16H2,1-2H3,(H,25,27). The lowest BCUT2D eigenvalue weighted by molar-refractivity contribution is -0.126. The third kappa shape index (κ3) is 5.58. The molecule has 174 valence electrons. The fourth-order valence-corrected chi connectivity index (χ4v) is 5.17. The summed E-state index contributed by atoms with van der Waals surface area (Å²) in [6.45, 7) is 3.29. The Kier molecular flexibility index (Phi) is 8.09. The molecular weight excluding hydrogens is 435 g/mol. The van der Waals surface area contributed by atoms with Crippen LogP contribution in [0.15, 0.2) is 47.4 Å². The zero-order valence-electron chi connectivity index (χ0n) is 18.3. The summed E-state index contributed by atoms with van der Waals surface area (Å²) in [5, 5.41) is 2.91. The molecule has 0 aromatic heterocycles. The summed E-state index contributed by atoms with van der Waals surface area (Å²) in [5.74, 6) is 0.0768. The van der Waals surface area contributed by atoms with Gasteiger partial charge in [0.25, 0.3) is 0 Å². The van der Waals surface area contributed by atoms with Crippen molar-refractivity contribution in [1.29, 1.82) is 0 Å². The highest BCUT2D eigenvalue weighted by Crippen LogP contribution is 2.29. The second-order valence-corrected chi connectivity index (χ2v) is 9.57. The molecule has 2 aromatic rings. The minimum absolute atomic E-state index is 0.127. The van der Waals surface area contributed by atoms with Crippen LogP contribution in [0.3, 0.4) is 0 Å². The van der Waals surface area contributed by atoms with Crippen LogP contribution in [0.4, 0.5) is 4.39 Å². The highest BCUT2D eigenvalue weighted by molar-refractivity contribution is 7.89. The number of ether oxygens (including phenoxy) is 2. The molecule has 1 fully saturated rings. The third-order valence-electron chi connectivity index (χ3n) is 5.44. The molecule has 0 spiro atoms. The Morgan fingerprint density at radius 1 is 1.16 bits per heavy atom. The van der Waals surface area contributed by atoms with Crippen LogP contribution in [-0.4, -0.2) is 45.4 Å². The zero-order chi connectivity index (χ0) is 23.1. The molecule has 1 N–H and O–H groups in total. The average molecular weight is 465 g/mol. The summed E-state index contributed by atoms with van der Waals surface area (Å²) in [7, 11) is -2.35. The van der Waals surface area contributed by atoms with Gasteiger partial charge >= 0.3 is 0 Å². The Bertz CT molecular complexity index is 1040. The highest BCUT2D eigenvalue weighted by Gasteiger charge is 2.33. The van der Waals surface area contributed by atoms with E-state index in [0.29, 0.717) is 37.5 Å². The Hall–Kier alpha value is -2.65. The van der Waals surface area contributed by atoms with Crippen molar-refractivity contribution in [2.45, 2.75) is 37.6 Å². The normalized spacial score (nSPS) is 15.3. The highest BCUT2D eigenvalue weighted by atomic mass is 32.2. The van der Waals surface area contributed by atoms with E-state index in [0.717, 1.165) is 18.1 Å². The molecule has 1 aliphatic heterocycles. The fraction of sp³-hybridized carbons (Fsp3) is 0.435. The Labute approximate surface area is 188 Å². The van der Waals surface area contributed by atoms with Crippen LogP contribution < -0.4 is 14.8 Å². The number of carbonyl (C=O) groups excluding carboxylic acids is 1. The van der Waals surface area contributed by atoms with Crippen molar-refractivity contribution >= 4 is 15.9 Å². The SMILES string of the molecule is CCCOc1ccc(CNC(=O)C2CCN(S(=O)(=O)c3ccccc3F)CC2)cc1OC. The third-order valence-corrected chi connectivity index (χ3v) is 7.37. The van der Waals surface area contributed by atoms with Gasteiger partial charge in [-0.1, -0.05) is 25.1 Å². The Balaban J connectivity index is 1.54. The molecule has 7 nitrogen and oxygen atoms in total. The van der Waals surface area contributed by atoms with Crippen LogP contribution in [0.2, 0.25) is 0 Å². The van der Waals surface area contributed by atoms with Gasteiger partial charge in [0.1, 0.15) is 10.7 Å². The molecule has 0 atom stereocenters. The van der Waals surface area contributed by atoms with E-state index in [1.165, 1.54) is 22.5 Å². The van der Waals surface area contributed by atoms with E-state index in [1.807, 2.05) is 25.1 Å². The first-order valence-electron chi connectivity index (χ1n) is 10.7. The molecule has 1 aliphatic rings. The van der Waals surface area contributed by atoms with E-state index in [2.05, 4.69) is 5.32 Å². The monoisotopic (exact) mass is 464 g/mol. The van der Waals surface area contributed by atoms with Gasteiger partial charge in [-0.2, -0.15) is 4.31 Å². The summed E-state index contributed by atoms with van der Waals surface area (Å²) in [6.07, 6.45) is 1.65. The van der Waals surface area contributed by atoms with Gasteiger partial charge in [0, 0.05) is 25.6 Å². The summed E-state index contributed by atoms with van der Waals surface area (Å²) in [4.78, 5) is 12.3. The van der Waals surface area contributed by atoms with Crippen LogP contribution in [0, 0.1) is 11.7 Å². The van der Waals surface area contributed by atoms with E-state index in [4.69, 9.17) is 9.47 Å². The molecule has 0 aliphatic carbocycles. The molecule has 1 amide bonds. The topological polar surface area (TPSA) is 84.9 Å². The Morgan fingerprint density at radius 2 is 1.88 bits per heavy atom. The minimum atomic E-state index is -3.91. The molecule has 32 heavy (non-hydrogen) atoms. The molecule has 3 rings (SSSR count). The number of benzene rings is 2. The number of amides is 1. The van der Waals surface area contributed by atoms with Crippen molar-refractivity contribution in [3.05, 3.63) is 53.8 Å². The van der Waals surface area contributed by atoms with E-state index >= 15 is 0 Å². The van der Waals surface area contributed by atoms with Gasteiger partial charge in [0.2, 0.25) is 15.9 Å². The number of nitrogens with one attached hydrogen (secondary N) is 1. The molecule has 9 heteroatoms. The number of hydrogen-bond acceptors (Lipinski definition) is 5. The van der Waals surface area contributed by atoms with Crippen molar-refractivity contribution in [3.63, 3.8) is 0 Å². The van der Waals surface area contributed by atoms with E-state index < -0.39 is 15.8 Å². The number of rotatable bonds is 9. The number of carbonyl (C=O) groups is 1. The lowest BCUT2D eigenvalue weighted by Gasteiger charge is -2.30. The predicted molar refractivity (Wildman–Crippen MR) is 119 cm³/mol. The van der Waals surface area contributed by atoms with Gasteiger partial charge in [0.05, 0.1) is 13.7 Å². The lowest BCUT2D eigenvalue weighted by atomic mass is 9.97. The number of methoxy groups -OCH3 is 1. The van der Waals surface area contributed by atoms with E-state index in [-0.39, 0.29) is 29.8 Å². The summed E-state index contributed by atoms with van der Waals surface area (Å²) >= 11 is 0. The van der Waals surface area contributed by atoms with Gasteiger partial charge in [-0.15, -0.1) is 0 Å². The minimum Gasteiger partial charge on any atom is -0.493 e. The molecule has 0 radical (unpaired) electrons. The van der Waals surface area contributed by atoms with Crippen molar-refractivity contribution in [3.8, 4) is 11.5 Å². The fourth-order valence-electron chi connectivity index (χ4n) is 3.64. The van der Waals surface area contributed by atoms with Crippen LogP contribution in [-0.2, 0) is 21.4 Å². The molecular formula is C23H29FN2O5S. The molecule has 0 bridgehead atoms. The second-order valence-electron chi connectivity index (χ2n) is 7.66. The number of nitrogens with zero attached hydrogens (tertiary/aromatic N) is 1. The smallest absolute Gasteiger partial charge is 0.245 e. The molecule has 1 heterocycles. The molecule has 0 saturated carbocycles. The quantitative estimate of drug-likeness (QED) is 0.615. The first-order chi connectivity index (χ1) is 15.4. The predicted octanol–water partition coefficient (Wildman–Crippen LogP) is 3.34. The summed E-state index contributed by atoms with van der Waals surface area (Å²) in [5.41, 5.74) is 0.874. The largest absolute Gasteiger partial charge is 0.493 e. The van der Waals surface area contributed by atoms with Crippen LogP contribution in [0.25, 0.3) is 0 Å². The zero-order valence-corrected chi connectivity index (χ0v) is 19.2. The van der Waals surface area contributed by atoms with E-state index in [1.54, 1.807) is 7.11 Å². The maximum Gasteiger partial charge on any atom is 0.245 e. The summed E-state index contributed by atoms with van der Waals surface area (Å²) in [6, 6.07) is 10.9. The summed E-state index contributed by atoms with van der Waals surface area (Å²) < 4.78 is 51.6. The molecule has 0 unspecified atom stereocenters.